The number of carbonyl (C=O) groups excluding carboxylic acids is 2. The molecule has 0 saturated heterocycles. The zero-order chi connectivity index (χ0) is 24.3. The number of carbonyl (C=O) groups is 2. The number of hydrogen-bond acceptors (Lipinski definition) is 6. The lowest BCUT2D eigenvalue weighted by Gasteiger charge is -2.08. The van der Waals surface area contributed by atoms with E-state index in [4.69, 9.17) is 16.3 Å². The third kappa shape index (κ3) is 7.42. The highest BCUT2D eigenvalue weighted by atomic mass is 35.5. The van der Waals surface area contributed by atoms with Gasteiger partial charge in [-0.1, -0.05) is 41.9 Å². The molecule has 2 amide bonds. The van der Waals surface area contributed by atoms with Gasteiger partial charge in [0.15, 0.2) is 6.61 Å². The first kappa shape index (κ1) is 24.4. The monoisotopic (exact) mass is 480 g/mol. The van der Waals surface area contributed by atoms with Crippen molar-refractivity contribution in [3.05, 3.63) is 105 Å². The number of ether oxygens (including phenoxy) is 1. The van der Waals surface area contributed by atoms with Crippen LogP contribution in [0.2, 0.25) is 5.02 Å². The number of rotatable bonds is 10. The Morgan fingerprint density at radius 1 is 1.06 bits per heavy atom. The van der Waals surface area contributed by atoms with Crippen LogP contribution in [0.4, 0.5) is 5.69 Å². The summed E-state index contributed by atoms with van der Waals surface area (Å²) >= 11 is 5.74. The molecule has 9 nitrogen and oxygen atoms in total. The van der Waals surface area contributed by atoms with Crippen LogP contribution in [0.1, 0.15) is 21.5 Å². The molecule has 0 radical (unpaired) electrons. The van der Waals surface area contributed by atoms with E-state index >= 15 is 0 Å². The Morgan fingerprint density at radius 3 is 2.50 bits per heavy atom. The smallest absolute Gasteiger partial charge is 0.288 e. The summed E-state index contributed by atoms with van der Waals surface area (Å²) < 4.78 is 5.47. The lowest BCUT2D eigenvalue weighted by Crippen LogP contribution is -2.30. The predicted octanol–water partition coefficient (Wildman–Crippen LogP) is 3.75. The van der Waals surface area contributed by atoms with Crippen molar-refractivity contribution in [1.82, 2.24) is 10.7 Å². The number of nitrogens with one attached hydrogen (secondary N) is 2. The molecule has 0 unspecified atom stereocenters. The molecule has 3 aromatic rings. The van der Waals surface area contributed by atoms with Gasteiger partial charge in [-0.15, -0.1) is 0 Å². The maximum Gasteiger partial charge on any atom is 0.288 e. The maximum absolute atomic E-state index is 12.1. The van der Waals surface area contributed by atoms with Crippen molar-refractivity contribution in [1.29, 1.82) is 0 Å². The van der Waals surface area contributed by atoms with Crippen LogP contribution in [0.25, 0.3) is 0 Å². The third-order valence-corrected chi connectivity index (χ3v) is 4.93. The fraction of sp³-hybridized carbons (Fsp3) is 0.125. The molecule has 0 aliphatic carbocycles. The molecule has 0 aromatic heterocycles. The maximum atomic E-state index is 12.1. The molecule has 174 valence electrons. The quantitative estimate of drug-likeness (QED) is 0.260. The molecule has 10 heteroatoms. The van der Waals surface area contributed by atoms with Crippen LogP contribution < -0.4 is 15.5 Å². The Balaban J connectivity index is 1.42. The topological polar surface area (TPSA) is 123 Å². The van der Waals surface area contributed by atoms with Crippen LogP contribution in [0.3, 0.4) is 0 Å². The van der Waals surface area contributed by atoms with E-state index in [1.165, 1.54) is 18.3 Å². The summed E-state index contributed by atoms with van der Waals surface area (Å²) in [5, 5.41) is 17.5. The number of halogens is 1. The Labute approximate surface area is 200 Å². The molecule has 0 heterocycles. The lowest BCUT2D eigenvalue weighted by molar-refractivity contribution is -0.384. The molecule has 0 fully saturated rings. The van der Waals surface area contributed by atoms with E-state index in [0.717, 1.165) is 18.1 Å². The molecular weight excluding hydrogens is 460 g/mol. The zero-order valence-electron chi connectivity index (χ0n) is 17.9. The number of nitro groups is 1. The average molecular weight is 481 g/mol. The van der Waals surface area contributed by atoms with Crippen LogP contribution in [0.5, 0.6) is 5.75 Å². The molecule has 2 N–H and O–H groups in total. The van der Waals surface area contributed by atoms with Gasteiger partial charge in [0.25, 0.3) is 17.5 Å². The van der Waals surface area contributed by atoms with Crippen molar-refractivity contribution in [2.75, 3.05) is 13.2 Å². The van der Waals surface area contributed by atoms with Crippen molar-refractivity contribution in [2.45, 2.75) is 6.42 Å². The first-order chi connectivity index (χ1) is 16.4. The van der Waals surface area contributed by atoms with Gasteiger partial charge in [0.05, 0.1) is 11.1 Å². The van der Waals surface area contributed by atoms with Crippen LogP contribution in [-0.4, -0.2) is 36.1 Å². The third-order valence-electron chi connectivity index (χ3n) is 4.61. The van der Waals surface area contributed by atoms with E-state index in [9.17, 15) is 19.7 Å². The molecule has 0 saturated carbocycles. The Hall–Kier alpha value is -4.24. The molecule has 0 aliphatic heterocycles. The van der Waals surface area contributed by atoms with Crippen molar-refractivity contribution in [3.63, 3.8) is 0 Å². The first-order valence-corrected chi connectivity index (χ1v) is 10.6. The van der Waals surface area contributed by atoms with Gasteiger partial charge in [-0.2, -0.15) is 5.10 Å². The number of benzene rings is 3. The van der Waals surface area contributed by atoms with Gasteiger partial charge in [-0.3, -0.25) is 19.7 Å². The summed E-state index contributed by atoms with van der Waals surface area (Å²) in [5.41, 5.74) is 3.81. The van der Waals surface area contributed by atoms with E-state index in [-0.39, 0.29) is 28.8 Å². The van der Waals surface area contributed by atoms with Crippen molar-refractivity contribution < 1.29 is 19.2 Å². The molecule has 0 aliphatic rings. The highest BCUT2D eigenvalue weighted by Crippen LogP contribution is 2.25. The van der Waals surface area contributed by atoms with Gasteiger partial charge in [0.1, 0.15) is 10.8 Å². The van der Waals surface area contributed by atoms with Gasteiger partial charge >= 0.3 is 0 Å². The number of nitro benzene ring substituents is 1. The minimum absolute atomic E-state index is 0.0547. The highest BCUT2D eigenvalue weighted by molar-refractivity contribution is 6.32. The summed E-state index contributed by atoms with van der Waals surface area (Å²) in [6.45, 7) is 0.419. The van der Waals surface area contributed by atoms with E-state index in [0.29, 0.717) is 17.9 Å². The fourth-order valence-corrected chi connectivity index (χ4v) is 3.05. The number of amides is 2. The molecule has 0 atom stereocenters. The minimum Gasteiger partial charge on any atom is -0.484 e. The molecule has 0 bridgehead atoms. The van der Waals surface area contributed by atoms with Gasteiger partial charge in [0, 0.05) is 18.2 Å². The average Bonchev–Trinajstić information content (AvgIpc) is 2.84. The van der Waals surface area contributed by atoms with E-state index in [1.54, 1.807) is 24.3 Å². The fourth-order valence-electron chi connectivity index (χ4n) is 2.86. The van der Waals surface area contributed by atoms with Crippen LogP contribution in [-0.2, 0) is 11.2 Å². The van der Waals surface area contributed by atoms with E-state index < -0.39 is 10.8 Å². The lowest BCUT2D eigenvalue weighted by atomic mass is 10.1. The van der Waals surface area contributed by atoms with Gasteiger partial charge < -0.3 is 10.1 Å². The van der Waals surface area contributed by atoms with Crippen molar-refractivity contribution >= 4 is 35.3 Å². The summed E-state index contributed by atoms with van der Waals surface area (Å²) in [6.07, 6.45) is 2.15. The second-order valence-electron chi connectivity index (χ2n) is 7.07. The van der Waals surface area contributed by atoms with Crippen molar-refractivity contribution in [3.8, 4) is 5.75 Å². The van der Waals surface area contributed by atoms with Crippen LogP contribution >= 0.6 is 11.6 Å². The van der Waals surface area contributed by atoms with Gasteiger partial charge in [-0.25, -0.2) is 5.43 Å². The van der Waals surface area contributed by atoms with Gasteiger partial charge in [-0.05, 0) is 53.9 Å². The SMILES string of the molecule is O=C(COc1ccc(/C=N/NC(=O)c2ccc(Cl)c([N+](=O)[O-])c2)cc1)NCCc1ccccc1. The highest BCUT2D eigenvalue weighted by Gasteiger charge is 2.15. The first-order valence-electron chi connectivity index (χ1n) is 10.2. The number of nitrogens with zero attached hydrogens (tertiary/aromatic N) is 2. The normalized spacial score (nSPS) is 10.6. The van der Waals surface area contributed by atoms with Crippen LogP contribution in [0.15, 0.2) is 77.9 Å². The molecule has 3 rings (SSSR count). The standard InChI is InChI=1S/C24H21ClN4O5/c25-21-11-8-19(14-22(21)29(32)33)24(31)28-27-15-18-6-9-20(10-7-18)34-16-23(30)26-13-12-17-4-2-1-3-5-17/h1-11,14-15H,12-13,16H2,(H,26,30)(H,28,31)/b27-15+. The summed E-state index contributed by atoms with van der Waals surface area (Å²) in [5.74, 6) is -0.325. The summed E-state index contributed by atoms with van der Waals surface area (Å²) in [6, 6.07) is 20.3. The zero-order valence-corrected chi connectivity index (χ0v) is 18.7. The van der Waals surface area contributed by atoms with E-state index in [2.05, 4.69) is 15.8 Å². The number of hydrogen-bond donors (Lipinski definition) is 2. The minimum atomic E-state index is -0.666. The Morgan fingerprint density at radius 2 is 1.79 bits per heavy atom. The van der Waals surface area contributed by atoms with Crippen molar-refractivity contribution in [2.24, 2.45) is 5.10 Å². The van der Waals surface area contributed by atoms with E-state index in [1.807, 2.05) is 30.3 Å². The Kier molecular flexibility index (Phi) is 8.70. The van der Waals surface area contributed by atoms with Gasteiger partial charge in [0.2, 0.25) is 0 Å². The second-order valence-corrected chi connectivity index (χ2v) is 7.47. The Bertz CT molecular complexity index is 1180. The molecular formula is C24H21ClN4O5. The van der Waals surface area contributed by atoms with Crippen LogP contribution in [0, 0.1) is 10.1 Å². The molecule has 0 spiro atoms. The molecule has 34 heavy (non-hydrogen) atoms. The largest absolute Gasteiger partial charge is 0.484 e. The number of hydrazone groups is 1. The summed E-state index contributed by atoms with van der Waals surface area (Å²) in [7, 11) is 0. The molecule has 3 aromatic carbocycles. The predicted molar refractivity (Wildman–Crippen MR) is 128 cm³/mol. The summed E-state index contributed by atoms with van der Waals surface area (Å²) in [4.78, 5) is 34.3. The second kappa shape index (κ2) is 12.1.